The van der Waals surface area contributed by atoms with E-state index in [4.69, 9.17) is 15.2 Å². The van der Waals surface area contributed by atoms with Crippen molar-refractivity contribution >= 4 is 0 Å². The van der Waals surface area contributed by atoms with Crippen LogP contribution in [-0.4, -0.2) is 36.1 Å². The van der Waals surface area contributed by atoms with E-state index in [2.05, 4.69) is 0 Å². The highest BCUT2D eigenvalue weighted by Crippen LogP contribution is 2.35. The van der Waals surface area contributed by atoms with E-state index >= 15 is 0 Å². The molecule has 2 atom stereocenters. The first-order valence-electron chi connectivity index (χ1n) is 5.60. The zero-order valence-electron chi connectivity index (χ0n) is 9.72. The lowest BCUT2D eigenvalue weighted by molar-refractivity contribution is 0.0236. The van der Waals surface area contributed by atoms with Gasteiger partial charge in [0, 0.05) is 6.54 Å². The maximum Gasteiger partial charge on any atom is 0.161 e. The molecule has 0 aliphatic carbocycles. The number of aliphatic hydroxyl groups is 2. The lowest BCUT2D eigenvalue weighted by atomic mass is 9.98. The Bertz CT molecular complexity index is 408. The lowest BCUT2D eigenvalue weighted by Gasteiger charge is -2.23. The van der Waals surface area contributed by atoms with Crippen LogP contribution in [0.1, 0.15) is 17.2 Å². The molecule has 0 radical (unpaired) electrons. The number of ether oxygens (including phenoxy) is 2. The first kappa shape index (κ1) is 12.2. The Hall–Kier alpha value is -1.30. The molecule has 2 rings (SSSR count). The van der Waals surface area contributed by atoms with Crippen LogP contribution in [0.25, 0.3) is 0 Å². The van der Waals surface area contributed by atoms with Gasteiger partial charge in [0.05, 0.1) is 6.10 Å². The molecule has 1 heterocycles. The smallest absolute Gasteiger partial charge is 0.161 e. The van der Waals surface area contributed by atoms with Crippen molar-refractivity contribution in [3.63, 3.8) is 0 Å². The Balaban J connectivity index is 2.34. The van der Waals surface area contributed by atoms with Crippen molar-refractivity contribution in [3.05, 3.63) is 23.3 Å². The van der Waals surface area contributed by atoms with Gasteiger partial charge in [-0.15, -0.1) is 0 Å². The third kappa shape index (κ3) is 2.36. The minimum absolute atomic E-state index is 0.00898. The highest BCUT2D eigenvalue weighted by atomic mass is 16.6. The van der Waals surface area contributed by atoms with E-state index in [1.807, 2.05) is 6.92 Å². The van der Waals surface area contributed by atoms with Crippen LogP contribution in [0.15, 0.2) is 12.1 Å². The van der Waals surface area contributed by atoms with Gasteiger partial charge in [0.15, 0.2) is 11.5 Å². The minimum atomic E-state index is -1.00. The van der Waals surface area contributed by atoms with Crippen molar-refractivity contribution in [2.24, 2.45) is 5.73 Å². The summed E-state index contributed by atoms with van der Waals surface area (Å²) in [5, 5.41) is 19.5. The fourth-order valence-electron chi connectivity index (χ4n) is 1.86. The van der Waals surface area contributed by atoms with Crippen LogP contribution in [0.3, 0.4) is 0 Å². The molecular weight excluding hydrogens is 222 g/mol. The second-order valence-electron chi connectivity index (χ2n) is 4.10. The Morgan fingerprint density at radius 3 is 2.41 bits per heavy atom. The molecule has 1 aromatic carbocycles. The maximum atomic E-state index is 9.95. The highest BCUT2D eigenvalue weighted by Gasteiger charge is 2.22. The molecule has 0 aromatic heterocycles. The number of aliphatic hydroxyl groups excluding tert-OH is 2. The molecule has 5 heteroatoms. The summed E-state index contributed by atoms with van der Waals surface area (Å²) in [6.45, 7) is 2.87. The Morgan fingerprint density at radius 2 is 1.82 bits per heavy atom. The van der Waals surface area contributed by atoms with Gasteiger partial charge in [-0.1, -0.05) is 0 Å². The summed E-state index contributed by atoms with van der Waals surface area (Å²) in [4.78, 5) is 0. The van der Waals surface area contributed by atoms with E-state index in [1.54, 1.807) is 12.1 Å². The minimum Gasteiger partial charge on any atom is -0.486 e. The quantitative estimate of drug-likeness (QED) is 0.697. The molecule has 2 unspecified atom stereocenters. The molecular formula is C12H17NO4. The molecule has 0 amide bonds. The van der Waals surface area contributed by atoms with Crippen LogP contribution < -0.4 is 15.2 Å². The summed E-state index contributed by atoms with van der Waals surface area (Å²) in [6.07, 6.45) is -1.98. The van der Waals surface area contributed by atoms with Gasteiger partial charge in [0.2, 0.25) is 0 Å². The predicted octanol–water partition coefficient (Wildman–Crippen LogP) is 0.119. The highest BCUT2D eigenvalue weighted by molar-refractivity contribution is 5.48. The van der Waals surface area contributed by atoms with Gasteiger partial charge in [0.25, 0.3) is 0 Å². The number of fused-ring (bicyclic) bond motifs is 1. The molecule has 1 aromatic rings. The third-order valence-electron chi connectivity index (χ3n) is 2.86. The second-order valence-corrected chi connectivity index (χ2v) is 4.10. The topological polar surface area (TPSA) is 84.9 Å². The molecule has 5 nitrogen and oxygen atoms in total. The molecule has 94 valence electrons. The van der Waals surface area contributed by atoms with Crippen molar-refractivity contribution in [2.45, 2.75) is 19.1 Å². The van der Waals surface area contributed by atoms with E-state index in [9.17, 15) is 10.2 Å². The van der Waals surface area contributed by atoms with Gasteiger partial charge >= 0.3 is 0 Å². The normalized spacial score (nSPS) is 17.6. The van der Waals surface area contributed by atoms with Crippen molar-refractivity contribution in [1.82, 2.24) is 0 Å². The maximum absolute atomic E-state index is 9.95. The fourth-order valence-corrected chi connectivity index (χ4v) is 1.86. The molecule has 0 bridgehead atoms. The number of hydrogen-bond donors (Lipinski definition) is 3. The monoisotopic (exact) mass is 239 g/mol. The van der Waals surface area contributed by atoms with Crippen LogP contribution in [-0.2, 0) is 0 Å². The van der Waals surface area contributed by atoms with Crippen LogP contribution in [0.4, 0.5) is 0 Å². The zero-order chi connectivity index (χ0) is 12.4. The molecule has 1 aliphatic heterocycles. The average Bonchev–Trinajstić information content (AvgIpc) is 2.36. The fraction of sp³-hybridized carbons (Fsp3) is 0.500. The first-order chi connectivity index (χ1) is 8.13. The zero-order valence-corrected chi connectivity index (χ0v) is 9.72. The van der Waals surface area contributed by atoms with Gasteiger partial charge in [-0.2, -0.15) is 0 Å². The lowest BCUT2D eigenvalue weighted by Crippen LogP contribution is -2.28. The standard InChI is InChI=1S/C12H17NO4/c1-7-4-10-11(17-3-2-16-10)5-8(7)12(15)9(14)6-13/h4-5,9,12,14-15H,2-3,6,13H2,1H3. The molecule has 4 N–H and O–H groups in total. The summed E-state index contributed by atoms with van der Waals surface area (Å²) < 4.78 is 10.9. The van der Waals surface area contributed by atoms with Gasteiger partial charge < -0.3 is 25.4 Å². The van der Waals surface area contributed by atoms with Crippen molar-refractivity contribution in [1.29, 1.82) is 0 Å². The molecule has 0 spiro atoms. The number of hydrogen-bond acceptors (Lipinski definition) is 5. The molecule has 0 fully saturated rings. The van der Waals surface area contributed by atoms with E-state index < -0.39 is 12.2 Å². The van der Waals surface area contributed by atoms with Gasteiger partial charge in [-0.3, -0.25) is 0 Å². The average molecular weight is 239 g/mol. The van der Waals surface area contributed by atoms with Crippen molar-refractivity contribution < 1.29 is 19.7 Å². The third-order valence-corrected chi connectivity index (χ3v) is 2.86. The molecule has 1 aliphatic rings. The summed E-state index contributed by atoms with van der Waals surface area (Å²) >= 11 is 0. The molecule has 0 saturated heterocycles. The number of benzene rings is 1. The van der Waals surface area contributed by atoms with Crippen LogP contribution in [0.2, 0.25) is 0 Å². The van der Waals surface area contributed by atoms with Gasteiger partial charge in [-0.25, -0.2) is 0 Å². The van der Waals surface area contributed by atoms with Gasteiger partial charge in [-0.05, 0) is 30.2 Å². The Kier molecular flexibility index (Phi) is 3.51. The number of aryl methyl sites for hydroxylation is 1. The summed E-state index contributed by atoms with van der Waals surface area (Å²) in [6, 6.07) is 3.50. The van der Waals surface area contributed by atoms with Crippen LogP contribution in [0, 0.1) is 6.92 Å². The van der Waals surface area contributed by atoms with Crippen molar-refractivity contribution in [3.8, 4) is 11.5 Å². The largest absolute Gasteiger partial charge is 0.486 e. The van der Waals surface area contributed by atoms with Crippen molar-refractivity contribution in [2.75, 3.05) is 19.8 Å². The van der Waals surface area contributed by atoms with Crippen LogP contribution >= 0.6 is 0 Å². The summed E-state index contributed by atoms with van der Waals surface area (Å²) in [5.74, 6) is 1.27. The first-order valence-corrected chi connectivity index (χ1v) is 5.60. The Labute approximate surface area is 99.8 Å². The van der Waals surface area contributed by atoms with E-state index in [0.717, 1.165) is 5.56 Å². The predicted molar refractivity (Wildman–Crippen MR) is 62.2 cm³/mol. The van der Waals surface area contributed by atoms with E-state index in [0.29, 0.717) is 30.3 Å². The SMILES string of the molecule is Cc1cc2c(cc1C(O)C(O)CN)OCCO2. The summed E-state index contributed by atoms with van der Waals surface area (Å²) in [7, 11) is 0. The second kappa shape index (κ2) is 4.91. The molecule has 0 saturated carbocycles. The van der Waals surface area contributed by atoms with Crippen LogP contribution in [0.5, 0.6) is 11.5 Å². The Morgan fingerprint density at radius 1 is 1.24 bits per heavy atom. The van der Waals surface area contributed by atoms with Gasteiger partial charge in [0.1, 0.15) is 19.3 Å². The van der Waals surface area contributed by atoms with E-state index in [-0.39, 0.29) is 6.54 Å². The number of nitrogens with two attached hydrogens (primary N) is 1. The number of rotatable bonds is 3. The summed E-state index contributed by atoms with van der Waals surface area (Å²) in [5.41, 5.74) is 6.79. The van der Waals surface area contributed by atoms with E-state index in [1.165, 1.54) is 0 Å². The molecule has 17 heavy (non-hydrogen) atoms.